The lowest BCUT2D eigenvalue weighted by Crippen LogP contribution is -2.47. The average molecular weight is 268 g/mol. The lowest BCUT2D eigenvalue weighted by Gasteiger charge is -2.33. The number of hydrogen-bond donors (Lipinski definition) is 2. The number of hydrogen-bond acceptors (Lipinski definition) is 2. The van der Waals surface area contributed by atoms with E-state index in [9.17, 15) is 4.79 Å². The van der Waals surface area contributed by atoms with Gasteiger partial charge in [0, 0.05) is 18.0 Å². The minimum absolute atomic E-state index is 0.140. The van der Waals surface area contributed by atoms with Gasteiger partial charge in [0.1, 0.15) is 0 Å². The SMILES string of the molecule is CC(C)CCCC(C)NC(=O)CC1(N)CCCCC1. The first-order valence-electron chi connectivity index (χ1n) is 7.99. The van der Waals surface area contributed by atoms with E-state index >= 15 is 0 Å². The highest BCUT2D eigenvalue weighted by atomic mass is 16.1. The van der Waals surface area contributed by atoms with Crippen LogP contribution in [0.4, 0.5) is 0 Å². The molecule has 1 rings (SSSR count). The Morgan fingerprint density at radius 3 is 2.37 bits per heavy atom. The summed E-state index contributed by atoms with van der Waals surface area (Å²) in [7, 11) is 0. The van der Waals surface area contributed by atoms with Gasteiger partial charge in [-0.2, -0.15) is 0 Å². The van der Waals surface area contributed by atoms with Gasteiger partial charge in [0.15, 0.2) is 0 Å². The quantitative estimate of drug-likeness (QED) is 0.744. The Morgan fingerprint density at radius 2 is 1.79 bits per heavy atom. The van der Waals surface area contributed by atoms with E-state index in [4.69, 9.17) is 5.73 Å². The molecule has 0 radical (unpaired) electrons. The molecule has 3 nitrogen and oxygen atoms in total. The Balaban J connectivity index is 2.22. The Bertz CT molecular complexity index is 270. The fraction of sp³-hybridized carbons (Fsp3) is 0.938. The van der Waals surface area contributed by atoms with Crippen LogP contribution in [0, 0.1) is 5.92 Å². The third kappa shape index (κ3) is 6.95. The molecule has 1 atom stereocenters. The van der Waals surface area contributed by atoms with Gasteiger partial charge >= 0.3 is 0 Å². The zero-order valence-electron chi connectivity index (χ0n) is 13.0. The fourth-order valence-corrected chi connectivity index (χ4v) is 2.98. The first-order valence-corrected chi connectivity index (χ1v) is 7.99. The predicted molar refractivity (Wildman–Crippen MR) is 80.9 cm³/mol. The van der Waals surface area contributed by atoms with Crippen LogP contribution in [0.5, 0.6) is 0 Å². The topological polar surface area (TPSA) is 55.1 Å². The summed E-state index contributed by atoms with van der Waals surface area (Å²) in [6, 6.07) is 0.276. The molecule has 0 bridgehead atoms. The fourth-order valence-electron chi connectivity index (χ4n) is 2.98. The van der Waals surface area contributed by atoms with Crippen molar-refractivity contribution in [1.82, 2.24) is 5.32 Å². The largest absolute Gasteiger partial charge is 0.354 e. The van der Waals surface area contributed by atoms with Crippen molar-refractivity contribution in [2.45, 2.75) is 90.1 Å². The van der Waals surface area contributed by atoms with E-state index < -0.39 is 0 Å². The second-order valence-corrected chi connectivity index (χ2v) is 6.89. The molecule has 0 aromatic rings. The Morgan fingerprint density at radius 1 is 1.16 bits per heavy atom. The second kappa shape index (κ2) is 7.88. The standard InChI is InChI=1S/C16H32N2O/c1-13(2)8-7-9-14(3)18-15(19)12-16(17)10-5-4-6-11-16/h13-14H,4-12,17H2,1-3H3,(H,18,19). The van der Waals surface area contributed by atoms with E-state index in [2.05, 4.69) is 26.1 Å². The molecular weight excluding hydrogens is 236 g/mol. The van der Waals surface area contributed by atoms with Crippen molar-refractivity contribution in [3.8, 4) is 0 Å². The molecule has 1 amide bonds. The molecule has 0 saturated heterocycles. The smallest absolute Gasteiger partial charge is 0.222 e. The van der Waals surface area contributed by atoms with Gasteiger partial charge in [-0.1, -0.05) is 46.0 Å². The van der Waals surface area contributed by atoms with Gasteiger partial charge in [0.2, 0.25) is 5.91 Å². The molecule has 1 aliphatic rings. The minimum Gasteiger partial charge on any atom is -0.354 e. The van der Waals surface area contributed by atoms with Gasteiger partial charge < -0.3 is 11.1 Å². The van der Waals surface area contributed by atoms with Crippen LogP contribution in [0.3, 0.4) is 0 Å². The van der Waals surface area contributed by atoms with Crippen molar-refractivity contribution in [3.63, 3.8) is 0 Å². The van der Waals surface area contributed by atoms with Gasteiger partial charge in [0.25, 0.3) is 0 Å². The van der Waals surface area contributed by atoms with Crippen LogP contribution in [0.2, 0.25) is 0 Å². The van der Waals surface area contributed by atoms with Crippen LogP contribution in [-0.2, 0) is 4.79 Å². The van der Waals surface area contributed by atoms with Crippen molar-refractivity contribution < 1.29 is 4.79 Å². The van der Waals surface area contributed by atoms with Gasteiger partial charge in [-0.3, -0.25) is 4.79 Å². The van der Waals surface area contributed by atoms with E-state index in [1.165, 1.54) is 32.1 Å². The summed E-state index contributed by atoms with van der Waals surface area (Å²) in [6.07, 6.45) is 9.62. The molecular formula is C16H32N2O. The molecule has 0 aromatic heterocycles. The van der Waals surface area contributed by atoms with Gasteiger partial charge in [-0.25, -0.2) is 0 Å². The first-order chi connectivity index (χ1) is 8.91. The monoisotopic (exact) mass is 268 g/mol. The summed E-state index contributed by atoms with van der Waals surface area (Å²) in [5.41, 5.74) is 6.08. The van der Waals surface area contributed by atoms with E-state index in [1.54, 1.807) is 0 Å². The normalized spacial score (nSPS) is 20.3. The van der Waals surface area contributed by atoms with Crippen molar-refractivity contribution in [1.29, 1.82) is 0 Å². The van der Waals surface area contributed by atoms with Crippen LogP contribution >= 0.6 is 0 Å². The number of carbonyl (C=O) groups is 1. The molecule has 19 heavy (non-hydrogen) atoms. The predicted octanol–water partition coefficient (Wildman–Crippen LogP) is 3.37. The van der Waals surface area contributed by atoms with E-state index in [1.807, 2.05) is 0 Å². The Labute approximate surface area is 118 Å². The molecule has 3 heteroatoms. The molecule has 0 aromatic carbocycles. The molecule has 112 valence electrons. The molecule has 1 unspecified atom stereocenters. The lowest BCUT2D eigenvalue weighted by molar-refractivity contribution is -0.123. The van der Waals surface area contributed by atoms with Gasteiger partial charge in [-0.15, -0.1) is 0 Å². The van der Waals surface area contributed by atoms with Crippen LogP contribution in [-0.4, -0.2) is 17.5 Å². The van der Waals surface area contributed by atoms with Crippen molar-refractivity contribution >= 4 is 5.91 Å². The first kappa shape index (κ1) is 16.5. The van der Waals surface area contributed by atoms with Crippen molar-refractivity contribution in [2.75, 3.05) is 0 Å². The molecule has 1 aliphatic carbocycles. The van der Waals surface area contributed by atoms with Crippen molar-refractivity contribution in [3.05, 3.63) is 0 Å². The molecule has 1 fully saturated rings. The number of nitrogens with one attached hydrogen (secondary N) is 1. The molecule has 0 aliphatic heterocycles. The van der Waals surface area contributed by atoms with Crippen LogP contribution < -0.4 is 11.1 Å². The lowest BCUT2D eigenvalue weighted by atomic mass is 9.80. The second-order valence-electron chi connectivity index (χ2n) is 6.89. The van der Waals surface area contributed by atoms with E-state index in [0.29, 0.717) is 6.42 Å². The number of nitrogens with two attached hydrogens (primary N) is 1. The zero-order chi connectivity index (χ0) is 14.3. The average Bonchev–Trinajstić information content (AvgIpc) is 2.28. The molecule has 3 N–H and O–H groups in total. The highest BCUT2D eigenvalue weighted by Crippen LogP contribution is 2.28. The summed E-state index contributed by atoms with van der Waals surface area (Å²) >= 11 is 0. The summed E-state index contributed by atoms with van der Waals surface area (Å²) in [5, 5.41) is 3.11. The highest BCUT2D eigenvalue weighted by molar-refractivity contribution is 5.77. The van der Waals surface area contributed by atoms with Gasteiger partial charge in [0.05, 0.1) is 0 Å². The minimum atomic E-state index is -0.236. The van der Waals surface area contributed by atoms with Crippen LogP contribution in [0.25, 0.3) is 0 Å². The Hall–Kier alpha value is -0.570. The third-order valence-electron chi connectivity index (χ3n) is 4.19. The maximum Gasteiger partial charge on any atom is 0.222 e. The van der Waals surface area contributed by atoms with Crippen LogP contribution in [0.1, 0.15) is 78.6 Å². The zero-order valence-corrected chi connectivity index (χ0v) is 13.0. The summed E-state index contributed by atoms with van der Waals surface area (Å²) in [6.45, 7) is 6.58. The molecule has 0 heterocycles. The summed E-state index contributed by atoms with van der Waals surface area (Å²) in [5.74, 6) is 0.888. The van der Waals surface area contributed by atoms with Gasteiger partial charge in [-0.05, 0) is 32.1 Å². The van der Waals surface area contributed by atoms with Crippen molar-refractivity contribution in [2.24, 2.45) is 11.7 Å². The maximum absolute atomic E-state index is 12.0. The maximum atomic E-state index is 12.0. The third-order valence-corrected chi connectivity index (χ3v) is 4.19. The number of carbonyl (C=O) groups excluding carboxylic acids is 1. The summed E-state index contributed by atoms with van der Waals surface area (Å²) < 4.78 is 0. The summed E-state index contributed by atoms with van der Waals surface area (Å²) in [4.78, 5) is 12.0. The number of amides is 1. The van der Waals surface area contributed by atoms with Crippen LogP contribution in [0.15, 0.2) is 0 Å². The molecule has 1 saturated carbocycles. The molecule has 0 spiro atoms. The number of rotatable bonds is 7. The highest BCUT2D eigenvalue weighted by Gasteiger charge is 2.30. The van der Waals surface area contributed by atoms with E-state index in [0.717, 1.165) is 25.2 Å². The van der Waals surface area contributed by atoms with E-state index in [-0.39, 0.29) is 17.5 Å². The Kier molecular flexibility index (Phi) is 6.84.